The van der Waals surface area contributed by atoms with Crippen LogP contribution >= 0.6 is 0 Å². The lowest BCUT2D eigenvalue weighted by Crippen LogP contribution is -2.46. The van der Waals surface area contributed by atoms with Gasteiger partial charge in [-0.05, 0) is 38.8 Å². The fourth-order valence-corrected chi connectivity index (χ4v) is 2.76. The number of ether oxygens (including phenoxy) is 1. The molecule has 0 radical (unpaired) electrons. The van der Waals surface area contributed by atoms with Crippen molar-refractivity contribution in [3.63, 3.8) is 0 Å². The van der Waals surface area contributed by atoms with Crippen LogP contribution in [-0.4, -0.2) is 30.2 Å². The van der Waals surface area contributed by atoms with Crippen LogP contribution in [0.25, 0.3) is 0 Å². The lowest BCUT2D eigenvalue weighted by molar-refractivity contribution is -0.0420. The van der Waals surface area contributed by atoms with E-state index in [2.05, 4.69) is 49.1 Å². The maximum Gasteiger partial charge on any atom is 0.0777 e. The van der Waals surface area contributed by atoms with Crippen molar-refractivity contribution in [2.24, 2.45) is 0 Å². The largest absolute Gasteiger partial charge is 0.377 e. The lowest BCUT2D eigenvalue weighted by atomic mass is 9.96. The maximum atomic E-state index is 5.65. The van der Waals surface area contributed by atoms with E-state index in [1.165, 1.54) is 24.9 Å². The van der Waals surface area contributed by atoms with E-state index >= 15 is 0 Å². The van der Waals surface area contributed by atoms with Crippen molar-refractivity contribution in [2.75, 3.05) is 13.7 Å². The van der Waals surface area contributed by atoms with Crippen molar-refractivity contribution >= 4 is 0 Å². The molecule has 0 bridgehead atoms. The van der Waals surface area contributed by atoms with E-state index in [1.807, 2.05) is 7.11 Å². The number of benzene rings is 1. The van der Waals surface area contributed by atoms with Gasteiger partial charge in [-0.25, -0.2) is 0 Å². The molecule has 1 aliphatic rings. The number of nitrogens with zero attached hydrogens (tertiary/aromatic N) is 1. The zero-order valence-corrected chi connectivity index (χ0v) is 11.1. The van der Waals surface area contributed by atoms with E-state index in [4.69, 9.17) is 4.74 Å². The molecule has 94 valence electrons. The molecular formula is C15H23NO. The van der Waals surface area contributed by atoms with Crippen molar-refractivity contribution in [3.8, 4) is 0 Å². The molecule has 1 aliphatic heterocycles. The SMILES string of the molecule is COC(C)(C)[C@@H]1CCCN1Cc1ccccc1. The third kappa shape index (κ3) is 2.88. The molecule has 0 aliphatic carbocycles. The topological polar surface area (TPSA) is 12.5 Å². The quantitative estimate of drug-likeness (QED) is 0.792. The highest BCUT2D eigenvalue weighted by Crippen LogP contribution is 2.30. The summed E-state index contributed by atoms with van der Waals surface area (Å²) in [6, 6.07) is 11.2. The standard InChI is InChI=1S/C15H23NO/c1-15(2,17-3)14-10-7-11-16(14)12-13-8-5-4-6-9-13/h4-6,8-9,14H,7,10-12H2,1-3H3/t14-/m0/s1. The Morgan fingerprint density at radius 1 is 1.29 bits per heavy atom. The summed E-state index contributed by atoms with van der Waals surface area (Å²) in [7, 11) is 1.82. The van der Waals surface area contributed by atoms with E-state index in [-0.39, 0.29) is 5.60 Å². The molecule has 1 saturated heterocycles. The average Bonchev–Trinajstić information content (AvgIpc) is 2.79. The summed E-state index contributed by atoms with van der Waals surface area (Å²) in [5.74, 6) is 0. The van der Waals surface area contributed by atoms with E-state index in [9.17, 15) is 0 Å². The van der Waals surface area contributed by atoms with Gasteiger partial charge in [0.05, 0.1) is 5.60 Å². The smallest absolute Gasteiger partial charge is 0.0777 e. The van der Waals surface area contributed by atoms with Gasteiger partial charge < -0.3 is 4.74 Å². The minimum atomic E-state index is -0.0503. The van der Waals surface area contributed by atoms with E-state index < -0.39 is 0 Å². The molecule has 1 aromatic rings. The van der Waals surface area contributed by atoms with Crippen molar-refractivity contribution in [3.05, 3.63) is 35.9 Å². The molecule has 1 atom stereocenters. The normalized spacial score (nSPS) is 21.9. The summed E-state index contributed by atoms with van der Waals surface area (Å²) in [5.41, 5.74) is 1.34. The third-order valence-electron chi connectivity index (χ3n) is 3.92. The number of hydrogen-bond donors (Lipinski definition) is 0. The zero-order chi connectivity index (χ0) is 12.3. The van der Waals surface area contributed by atoms with Gasteiger partial charge in [0.1, 0.15) is 0 Å². The molecule has 0 unspecified atom stereocenters. The average molecular weight is 233 g/mol. The summed E-state index contributed by atoms with van der Waals surface area (Å²) in [6.45, 7) is 6.62. The summed E-state index contributed by atoms with van der Waals surface area (Å²) >= 11 is 0. The van der Waals surface area contributed by atoms with Gasteiger partial charge in [0.25, 0.3) is 0 Å². The van der Waals surface area contributed by atoms with Crippen molar-refractivity contribution in [2.45, 2.75) is 44.9 Å². The molecule has 17 heavy (non-hydrogen) atoms. The lowest BCUT2D eigenvalue weighted by Gasteiger charge is -2.36. The van der Waals surface area contributed by atoms with E-state index in [1.54, 1.807) is 0 Å². The number of hydrogen-bond acceptors (Lipinski definition) is 2. The van der Waals surface area contributed by atoms with Gasteiger partial charge in [0.15, 0.2) is 0 Å². The summed E-state index contributed by atoms with van der Waals surface area (Å²) in [4.78, 5) is 2.55. The predicted molar refractivity (Wildman–Crippen MR) is 71.0 cm³/mol. The van der Waals surface area contributed by atoms with Crippen LogP contribution < -0.4 is 0 Å². The summed E-state index contributed by atoms with van der Waals surface area (Å²) in [5, 5.41) is 0. The molecule has 1 heterocycles. The monoisotopic (exact) mass is 233 g/mol. The zero-order valence-electron chi connectivity index (χ0n) is 11.1. The van der Waals surface area contributed by atoms with Crippen LogP contribution in [0.15, 0.2) is 30.3 Å². The maximum absolute atomic E-state index is 5.65. The molecule has 2 rings (SSSR count). The number of methoxy groups -OCH3 is 1. The van der Waals surface area contributed by atoms with Crippen LogP contribution in [0.1, 0.15) is 32.3 Å². The fraction of sp³-hybridized carbons (Fsp3) is 0.600. The second kappa shape index (κ2) is 5.19. The molecule has 2 nitrogen and oxygen atoms in total. The van der Waals surface area contributed by atoms with Crippen LogP contribution in [0.2, 0.25) is 0 Å². The second-order valence-corrected chi connectivity index (χ2v) is 5.42. The highest BCUT2D eigenvalue weighted by molar-refractivity contribution is 5.15. The molecule has 0 saturated carbocycles. The molecule has 0 spiro atoms. The van der Waals surface area contributed by atoms with Gasteiger partial charge in [-0.1, -0.05) is 30.3 Å². The van der Waals surface area contributed by atoms with Crippen molar-refractivity contribution < 1.29 is 4.74 Å². The van der Waals surface area contributed by atoms with Crippen LogP contribution in [0.5, 0.6) is 0 Å². The Hall–Kier alpha value is -0.860. The van der Waals surface area contributed by atoms with Crippen LogP contribution in [0.4, 0.5) is 0 Å². The summed E-state index contributed by atoms with van der Waals surface area (Å²) < 4.78 is 5.65. The molecule has 1 aromatic carbocycles. The van der Waals surface area contributed by atoms with Gasteiger partial charge in [-0.15, -0.1) is 0 Å². The first-order valence-electron chi connectivity index (χ1n) is 6.46. The van der Waals surface area contributed by atoms with Crippen LogP contribution in [0, 0.1) is 0 Å². The first kappa shape index (κ1) is 12.6. The molecule has 0 aromatic heterocycles. The predicted octanol–water partition coefficient (Wildman–Crippen LogP) is 3.08. The molecular weight excluding hydrogens is 210 g/mol. The highest BCUT2D eigenvalue weighted by Gasteiger charge is 2.37. The molecule has 0 amide bonds. The summed E-state index contributed by atoms with van der Waals surface area (Å²) in [6.07, 6.45) is 2.53. The first-order chi connectivity index (χ1) is 8.13. The Balaban J connectivity index is 2.06. The van der Waals surface area contributed by atoms with Gasteiger partial charge >= 0.3 is 0 Å². The highest BCUT2D eigenvalue weighted by atomic mass is 16.5. The molecule has 1 fully saturated rings. The Kier molecular flexibility index (Phi) is 3.85. The fourth-order valence-electron chi connectivity index (χ4n) is 2.76. The van der Waals surface area contributed by atoms with Gasteiger partial charge in [0, 0.05) is 19.7 Å². The second-order valence-electron chi connectivity index (χ2n) is 5.42. The van der Waals surface area contributed by atoms with Gasteiger partial charge in [-0.2, -0.15) is 0 Å². The van der Waals surface area contributed by atoms with Crippen LogP contribution in [-0.2, 0) is 11.3 Å². The van der Waals surface area contributed by atoms with Crippen molar-refractivity contribution in [1.82, 2.24) is 4.90 Å². The minimum Gasteiger partial charge on any atom is -0.377 e. The van der Waals surface area contributed by atoms with E-state index in [0.29, 0.717) is 6.04 Å². The minimum absolute atomic E-state index is 0.0503. The molecule has 0 N–H and O–H groups in total. The van der Waals surface area contributed by atoms with Crippen LogP contribution in [0.3, 0.4) is 0 Å². The van der Waals surface area contributed by atoms with E-state index in [0.717, 1.165) is 6.54 Å². The Morgan fingerprint density at radius 2 is 2.00 bits per heavy atom. The first-order valence-corrected chi connectivity index (χ1v) is 6.46. The Morgan fingerprint density at radius 3 is 2.65 bits per heavy atom. The Labute approximate surface area is 105 Å². The Bertz CT molecular complexity index is 347. The van der Waals surface area contributed by atoms with Gasteiger partial charge in [-0.3, -0.25) is 4.90 Å². The number of rotatable bonds is 4. The van der Waals surface area contributed by atoms with Gasteiger partial charge in [0.2, 0.25) is 0 Å². The number of likely N-dealkylation sites (tertiary alicyclic amines) is 1. The van der Waals surface area contributed by atoms with Crippen molar-refractivity contribution in [1.29, 1.82) is 0 Å². The third-order valence-corrected chi connectivity index (χ3v) is 3.92. The molecule has 2 heteroatoms.